The Morgan fingerprint density at radius 2 is 1.24 bits per heavy atom. The summed E-state index contributed by atoms with van der Waals surface area (Å²) in [7, 11) is 0. The van der Waals surface area contributed by atoms with Crippen LogP contribution in [0.4, 0.5) is 5.69 Å². The minimum atomic E-state index is -2.47. The van der Waals surface area contributed by atoms with Gasteiger partial charge in [0.15, 0.2) is 12.1 Å². The first kappa shape index (κ1) is 71.5. The molecule has 24 nitrogen and oxygen atoms in total. The van der Waals surface area contributed by atoms with Crippen molar-refractivity contribution in [1.82, 2.24) is 10.2 Å². The van der Waals surface area contributed by atoms with E-state index in [0.717, 1.165) is 5.69 Å². The molecule has 87 heavy (non-hydrogen) atoms. The van der Waals surface area contributed by atoms with Gasteiger partial charge in [0.1, 0.15) is 30.5 Å². The number of ether oxygens (including phenoxy) is 5. The quantitative estimate of drug-likeness (QED) is 0.152. The molecule has 0 radical (unpaired) electrons. The van der Waals surface area contributed by atoms with Crippen LogP contribution in [0.25, 0.3) is 0 Å². The summed E-state index contributed by atoms with van der Waals surface area (Å²) in [4.78, 5) is 31.3. The number of allylic oxidation sites excluding steroid dienone is 12. The molecule has 1 aromatic rings. The Morgan fingerprint density at radius 1 is 0.632 bits per heavy atom. The van der Waals surface area contributed by atoms with Gasteiger partial charge in [0.25, 0.3) is 0 Å². The van der Waals surface area contributed by atoms with Crippen LogP contribution in [-0.4, -0.2) is 249 Å². The van der Waals surface area contributed by atoms with E-state index in [0.29, 0.717) is 13.1 Å². The number of carbonyl (C=O) groups is 2. The number of nitrogens with zero attached hydrogens (tertiary/aromatic N) is 2. The molecule has 24 heteroatoms. The molecule has 5 heterocycles. The van der Waals surface area contributed by atoms with Crippen molar-refractivity contribution in [3.8, 4) is 0 Å². The molecule has 6 rings (SSSR count). The lowest BCUT2D eigenvalue weighted by atomic mass is 9.81. The Morgan fingerprint density at radius 3 is 1.87 bits per heavy atom. The van der Waals surface area contributed by atoms with Crippen LogP contribution in [0.5, 0.6) is 0 Å². The Balaban J connectivity index is 1.28. The summed E-state index contributed by atoms with van der Waals surface area (Å²) in [5, 5.41) is 158. The number of cyclic esters (lactones) is 1. The predicted molar refractivity (Wildman–Crippen MR) is 317 cm³/mol. The average molecular weight is 1230 g/mol. The van der Waals surface area contributed by atoms with E-state index in [1.165, 1.54) is 6.92 Å². The number of piperazine rings is 1. The number of amides is 1. The van der Waals surface area contributed by atoms with Gasteiger partial charge < -0.3 is 110 Å². The average Bonchev–Trinajstić information content (AvgIpc) is 1.15. The highest BCUT2D eigenvalue weighted by atomic mass is 16.7. The summed E-state index contributed by atoms with van der Waals surface area (Å²) in [6, 6.07) is 8.28. The molecule has 2 bridgehead atoms. The lowest BCUT2D eigenvalue weighted by molar-refractivity contribution is -0.323. The first-order chi connectivity index (χ1) is 41.3. The summed E-state index contributed by atoms with van der Waals surface area (Å²) in [6.45, 7) is 6.92. The van der Waals surface area contributed by atoms with Gasteiger partial charge in [-0.3, -0.25) is 9.59 Å². The van der Waals surface area contributed by atoms with Gasteiger partial charge in [0.2, 0.25) is 11.7 Å². The second kappa shape index (κ2) is 34.0. The molecule has 0 saturated carbocycles. The highest BCUT2D eigenvalue weighted by Crippen LogP contribution is 2.39. The van der Waals surface area contributed by atoms with Gasteiger partial charge in [-0.15, -0.1) is 0 Å². The minimum absolute atomic E-state index is 0.130. The van der Waals surface area contributed by atoms with Crippen molar-refractivity contribution in [2.45, 2.75) is 201 Å². The van der Waals surface area contributed by atoms with E-state index in [9.17, 15) is 81.1 Å². The van der Waals surface area contributed by atoms with Gasteiger partial charge in [-0.2, -0.15) is 0 Å². The standard InChI is InChI=1S/C63H95N3O21/c1-38-20-16-13-11-9-7-5-6-8-10-12-14-19-23-46(86-61-58(78)54(56(76)41(4)85-61)64-37-63(82)59(79)57(77)50(73)36-83-63)33-51-53(60(80)66-28-26-65(27-29-66)42-21-17-15-18-22-42)49(72)35-62(81,87-51)34-45(69)31-48(71)47(70)25-24-43(67)30-44(68)32-52(74)84-40(3)39(2)55(38)75/h5-23,38-41,43-51,53-59,61,64,67-73,75-79,81-82H,24-37H2,1-4H3/b6-5+,9-7+,10-8+,13-11+,14-12+,20-16+,23-19+/t38-,39?,40-,41+,43+,44+,45-,46-,47+,48+,49-,50+,51?,53?,54-,55+,56+,57+,58-,59-,61-,62+,63+/m0/s1. The topological polar surface area (TPSA) is 382 Å². The summed E-state index contributed by atoms with van der Waals surface area (Å²) in [5.41, 5.74) is 0.958. The molecule has 23 atom stereocenters. The highest BCUT2D eigenvalue weighted by molar-refractivity contribution is 5.80. The van der Waals surface area contributed by atoms with Crippen LogP contribution in [0.1, 0.15) is 79.1 Å². The van der Waals surface area contributed by atoms with Gasteiger partial charge in [0.05, 0.1) is 98.7 Å². The van der Waals surface area contributed by atoms with Crippen LogP contribution in [0.15, 0.2) is 115 Å². The zero-order chi connectivity index (χ0) is 63.6. The molecule has 1 amide bonds. The molecule has 5 aliphatic heterocycles. The number of para-hydroxylation sites is 1. The number of aliphatic hydroxyl groups is 14. The number of fused-ring (bicyclic) bond motifs is 2. The fourth-order valence-electron chi connectivity index (χ4n) is 11.5. The van der Waals surface area contributed by atoms with Crippen LogP contribution < -0.4 is 10.2 Å². The van der Waals surface area contributed by atoms with Gasteiger partial charge >= 0.3 is 5.97 Å². The maximum absolute atomic E-state index is 14.8. The van der Waals surface area contributed by atoms with Crippen LogP contribution in [0.2, 0.25) is 0 Å². The summed E-state index contributed by atoms with van der Waals surface area (Å²) >= 11 is 0. The minimum Gasteiger partial charge on any atom is -0.462 e. The Bertz CT molecular complexity index is 2480. The fourth-order valence-corrected chi connectivity index (χ4v) is 11.5. The summed E-state index contributed by atoms with van der Waals surface area (Å²) in [6.07, 6.45) is -2.91. The summed E-state index contributed by atoms with van der Waals surface area (Å²) in [5.74, 6) is -8.22. The zero-order valence-electron chi connectivity index (χ0n) is 50.0. The maximum Gasteiger partial charge on any atom is 0.308 e. The van der Waals surface area contributed by atoms with Crippen molar-refractivity contribution in [2.75, 3.05) is 44.2 Å². The predicted octanol–water partition coefficient (Wildman–Crippen LogP) is -0.592. The number of hydrogen-bond donors (Lipinski definition) is 15. The Kier molecular flexibility index (Phi) is 27.9. The molecule has 15 N–H and O–H groups in total. The van der Waals surface area contributed by atoms with Crippen molar-refractivity contribution < 1.29 is 105 Å². The first-order valence-electron chi connectivity index (χ1n) is 30.2. The number of rotatable bonds is 7. The van der Waals surface area contributed by atoms with Crippen LogP contribution in [0, 0.1) is 17.8 Å². The van der Waals surface area contributed by atoms with Crippen LogP contribution in [-0.2, 0) is 33.3 Å². The molecule has 0 aromatic heterocycles. The van der Waals surface area contributed by atoms with E-state index < -0.39 is 184 Å². The molecule has 4 saturated heterocycles. The molecule has 1 aromatic carbocycles. The number of aliphatic hydroxyl groups excluding tert-OH is 12. The van der Waals surface area contributed by atoms with E-state index in [-0.39, 0.29) is 44.7 Å². The third-order valence-electron chi connectivity index (χ3n) is 17.0. The lowest BCUT2D eigenvalue weighted by Crippen LogP contribution is -2.69. The molecule has 0 spiro atoms. The molecule has 3 unspecified atom stereocenters. The third kappa shape index (κ3) is 21.0. The molecule has 4 fully saturated rings. The molecular formula is C63H95N3O21. The third-order valence-corrected chi connectivity index (χ3v) is 17.0. The van der Waals surface area contributed by atoms with Crippen molar-refractivity contribution in [1.29, 1.82) is 0 Å². The number of carbonyl (C=O) groups excluding carboxylic acids is 2. The number of anilines is 1. The second-order valence-corrected chi connectivity index (χ2v) is 23.9. The zero-order valence-corrected chi connectivity index (χ0v) is 50.0. The van der Waals surface area contributed by atoms with Gasteiger partial charge in [0, 0.05) is 69.4 Å². The normalized spacial score (nSPS) is 43.4. The smallest absolute Gasteiger partial charge is 0.308 e. The summed E-state index contributed by atoms with van der Waals surface area (Å²) < 4.78 is 29.8. The van der Waals surface area contributed by atoms with E-state index in [2.05, 4.69) is 10.2 Å². The van der Waals surface area contributed by atoms with E-state index in [1.54, 1.807) is 97.7 Å². The Hall–Kier alpha value is -4.62. The van der Waals surface area contributed by atoms with Crippen LogP contribution >= 0.6 is 0 Å². The van der Waals surface area contributed by atoms with Gasteiger partial charge in [-0.25, -0.2) is 0 Å². The lowest BCUT2D eigenvalue weighted by Gasteiger charge is -2.48. The number of esters is 1. The van der Waals surface area contributed by atoms with Gasteiger partial charge in [-0.1, -0.05) is 117 Å². The highest BCUT2D eigenvalue weighted by Gasteiger charge is 2.53. The van der Waals surface area contributed by atoms with E-state index in [4.69, 9.17) is 23.7 Å². The number of benzene rings is 1. The van der Waals surface area contributed by atoms with E-state index >= 15 is 0 Å². The molecule has 0 aliphatic carbocycles. The van der Waals surface area contributed by atoms with Crippen molar-refractivity contribution in [3.05, 3.63) is 115 Å². The molecular weight excluding hydrogens is 1130 g/mol. The van der Waals surface area contributed by atoms with Gasteiger partial charge in [-0.05, 0) is 45.2 Å². The van der Waals surface area contributed by atoms with Crippen molar-refractivity contribution in [3.63, 3.8) is 0 Å². The number of nitrogens with one attached hydrogen (secondary N) is 1. The maximum atomic E-state index is 14.8. The van der Waals surface area contributed by atoms with E-state index in [1.807, 2.05) is 43.3 Å². The van der Waals surface area contributed by atoms with Crippen LogP contribution in [0.3, 0.4) is 0 Å². The fraction of sp³-hybridized carbons (Fsp3) is 0.651. The monoisotopic (exact) mass is 1230 g/mol. The SMILES string of the molecule is CC1[C@H](C)OC(=O)C[C@H](O)C[C@H](O)CC[C@@H](O)[C@H](O)C[C@H](O)C[C@]2(O)C[C@H](O)C(C(=O)N3CCN(c4ccccc4)CC3)C(C[C@@H](O[C@@H]3O[C@H](C)[C@@H](O)[C@H](NC[C@@]4(O)OC[C@@H](O)[C@@H](O)[C@@H]4O)[C@@H]3O)/C=C/C=C/C=C/C=C/C=C/C=C/C=C/[C@H](C)[C@H]1O)O2. The second-order valence-electron chi connectivity index (χ2n) is 23.9. The first-order valence-corrected chi connectivity index (χ1v) is 30.2. The Labute approximate surface area is 508 Å². The van der Waals surface area contributed by atoms with Crippen molar-refractivity contribution in [2.24, 2.45) is 17.8 Å². The van der Waals surface area contributed by atoms with Crippen molar-refractivity contribution >= 4 is 17.6 Å². The molecule has 5 aliphatic rings. The number of hydrogen-bond acceptors (Lipinski definition) is 23. The largest absolute Gasteiger partial charge is 0.462 e. The molecule has 488 valence electrons.